The van der Waals surface area contributed by atoms with Crippen LogP contribution in [0.3, 0.4) is 0 Å². The summed E-state index contributed by atoms with van der Waals surface area (Å²) in [6, 6.07) is 14.1. The van der Waals surface area contributed by atoms with E-state index in [1.807, 2.05) is 24.3 Å². The second kappa shape index (κ2) is 5.80. The quantitative estimate of drug-likeness (QED) is 0.596. The molecular weight excluding hydrogens is 312 g/mol. The van der Waals surface area contributed by atoms with Crippen molar-refractivity contribution in [1.82, 2.24) is 19.6 Å². The Morgan fingerprint density at radius 2 is 2.08 bits per heavy atom. The molecule has 0 saturated heterocycles. The van der Waals surface area contributed by atoms with Crippen molar-refractivity contribution < 1.29 is 0 Å². The van der Waals surface area contributed by atoms with Gasteiger partial charge in [0.2, 0.25) is 0 Å². The average Bonchev–Trinajstić information content (AvgIpc) is 3.17. The van der Waals surface area contributed by atoms with E-state index in [1.54, 1.807) is 16.9 Å². The molecule has 0 radical (unpaired) electrons. The molecule has 0 fully saturated rings. The number of benzene rings is 1. The summed E-state index contributed by atoms with van der Waals surface area (Å²) in [5.74, 6) is 0.752. The number of fused-ring (bicyclic) bond motifs is 1. The highest BCUT2D eigenvalue weighted by Crippen LogP contribution is 2.31. The van der Waals surface area contributed by atoms with Crippen LogP contribution in [-0.2, 0) is 0 Å². The molecular formula is C19H16N6. The number of aromatic amines is 1. The number of anilines is 2. The summed E-state index contributed by atoms with van der Waals surface area (Å²) in [6.07, 6.45) is 3.38. The van der Waals surface area contributed by atoms with Gasteiger partial charge in [0.1, 0.15) is 17.3 Å². The van der Waals surface area contributed by atoms with E-state index in [0.717, 1.165) is 22.8 Å². The molecule has 0 amide bonds. The molecule has 0 saturated carbocycles. The molecule has 122 valence electrons. The molecule has 0 aliphatic rings. The van der Waals surface area contributed by atoms with Gasteiger partial charge >= 0.3 is 0 Å². The highest BCUT2D eigenvalue weighted by molar-refractivity contribution is 5.79. The maximum Gasteiger partial charge on any atom is 0.173 e. The van der Waals surface area contributed by atoms with Gasteiger partial charge in [0, 0.05) is 18.1 Å². The van der Waals surface area contributed by atoms with Crippen molar-refractivity contribution >= 4 is 17.2 Å². The molecule has 0 atom stereocenters. The Kier molecular flexibility index (Phi) is 3.47. The maximum absolute atomic E-state index is 9.30. The van der Waals surface area contributed by atoms with Gasteiger partial charge in [-0.3, -0.25) is 10.1 Å². The highest BCUT2D eigenvalue weighted by Gasteiger charge is 2.19. The van der Waals surface area contributed by atoms with Crippen LogP contribution < -0.4 is 5.32 Å². The Morgan fingerprint density at radius 3 is 2.80 bits per heavy atom. The smallest absolute Gasteiger partial charge is 0.173 e. The summed E-state index contributed by atoms with van der Waals surface area (Å²) in [5.41, 5.74) is 5.84. The maximum atomic E-state index is 9.30. The van der Waals surface area contributed by atoms with E-state index in [-0.39, 0.29) is 0 Å². The molecule has 3 heterocycles. The fraction of sp³-hybridized carbons (Fsp3) is 0.105. The van der Waals surface area contributed by atoms with E-state index in [9.17, 15) is 5.26 Å². The number of aryl methyl sites for hydroxylation is 2. The summed E-state index contributed by atoms with van der Waals surface area (Å²) in [6.45, 7) is 4.13. The average molecular weight is 328 g/mol. The van der Waals surface area contributed by atoms with E-state index in [2.05, 4.69) is 52.4 Å². The zero-order chi connectivity index (χ0) is 17.4. The van der Waals surface area contributed by atoms with Gasteiger partial charge in [-0.25, -0.2) is 9.50 Å². The zero-order valence-corrected chi connectivity index (χ0v) is 13.9. The summed E-state index contributed by atoms with van der Waals surface area (Å²) in [7, 11) is 0. The van der Waals surface area contributed by atoms with Gasteiger partial charge in [-0.2, -0.15) is 5.26 Å². The first kappa shape index (κ1) is 15.0. The molecule has 0 unspecified atom stereocenters. The highest BCUT2D eigenvalue weighted by atomic mass is 15.3. The van der Waals surface area contributed by atoms with Gasteiger partial charge in [-0.1, -0.05) is 23.8 Å². The third-order valence-electron chi connectivity index (χ3n) is 4.12. The molecule has 0 spiro atoms. The standard InChI is InChI=1S/C19H16N6/c1-12-6-7-15(13(2)9-12)23-19-17(16-5-3-4-8-21-16)24-18-14(10-20)11-22-25(18)19/h3-9,11,22-23H,1-2H3. The number of nitrogens with one attached hydrogen (secondary N) is 2. The fourth-order valence-electron chi connectivity index (χ4n) is 2.88. The first-order chi connectivity index (χ1) is 12.2. The molecule has 25 heavy (non-hydrogen) atoms. The Morgan fingerprint density at radius 1 is 1.20 bits per heavy atom. The van der Waals surface area contributed by atoms with Crippen LogP contribution >= 0.6 is 0 Å². The van der Waals surface area contributed by atoms with Crippen molar-refractivity contribution in [2.24, 2.45) is 0 Å². The number of nitrogens with zero attached hydrogens (tertiary/aromatic N) is 4. The SMILES string of the molecule is Cc1ccc(Nc2c(-c3ccccn3)nc3c(C#N)c[nH]n23)c(C)c1. The minimum Gasteiger partial charge on any atom is -0.338 e. The van der Waals surface area contributed by atoms with Crippen LogP contribution in [0.2, 0.25) is 0 Å². The number of pyridine rings is 1. The number of hydrogen-bond acceptors (Lipinski definition) is 4. The lowest BCUT2D eigenvalue weighted by atomic mass is 10.1. The van der Waals surface area contributed by atoms with Crippen molar-refractivity contribution in [3.05, 3.63) is 65.5 Å². The van der Waals surface area contributed by atoms with Gasteiger partial charge < -0.3 is 5.32 Å². The topological polar surface area (TPSA) is 81.8 Å². The van der Waals surface area contributed by atoms with Crippen molar-refractivity contribution in [1.29, 1.82) is 5.26 Å². The number of aromatic nitrogens is 4. The predicted molar refractivity (Wildman–Crippen MR) is 96.7 cm³/mol. The third-order valence-corrected chi connectivity index (χ3v) is 4.12. The number of H-pyrrole nitrogens is 1. The van der Waals surface area contributed by atoms with Crippen LogP contribution in [0.4, 0.5) is 11.5 Å². The van der Waals surface area contributed by atoms with Crippen LogP contribution in [0.1, 0.15) is 16.7 Å². The van der Waals surface area contributed by atoms with Gasteiger partial charge in [-0.05, 0) is 37.6 Å². The van der Waals surface area contributed by atoms with E-state index in [0.29, 0.717) is 16.9 Å². The first-order valence-electron chi connectivity index (χ1n) is 7.93. The van der Waals surface area contributed by atoms with Gasteiger partial charge in [0.05, 0.1) is 5.69 Å². The van der Waals surface area contributed by atoms with Crippen LogP contribution in [-0.4, -0.2) is 19.6 Å². The van der Waals surface area contributed by atoms with Crippen molar-refractivity contribution in [3.63, 3.8) is 0 Å². The zero-order valence-electron chi connectivity index (χ0n) is 13.9. The lowest BCUT2D eigenvalue weighted by molar-refractivity contribution is 0.979. The van der Waals surface area contributed by atoms with Crippen LogP contribution in [0, 0.1) is 25.2 Å². The van der Waals surface area contributed by atoms with Crippen LogP contribution in [0.25, 0.3) is 17.0 Å². The van der Waals surface area contributed by atoms with Crippen LogP contribution in [0.15, 0.2) is 48.8 Å². The fourth-order valence-corrected chi connectivity index (χ4v) is 2.88. The number of nitriles is 1. The van der Waals surface area contributed by atoms with Gasteiger partial charge in [0.15, 0.2) is 11.5 Å². The Labute approximate surface area is 144 Å². The number of imidazole rings is 1. The molecule has 4 aromatic rings. The molecule has 0 bridgehead atoms. The summed E-state index contributed by atoms with van der Waals surface area (Å²) >= 11 is 0. The Hall–Kier alpha value is -3.59. The van der Waals surface area contributed by atoms with E-state index in [4.69, 9.17) is 0 Å². The number of rotatable bonds is 3. The molecule has 0 aliphatic heterocycles. The third kappa shape index (κ3) is 2.52. The van der Waals surface area contributed by atoms with Crippen LogP contribution in [0.5, 0.6) is 0 Å². The van der Waals surface area contributed by atoms with Crippen molar-refractivity contribution in [2.45, 2.75) is 13.8 Å². The molecule has 6 heteroatoms. The molecule has 2 N–H and O–H groups in total. The molecule has 1 aromatic carbocycles. The molecule has 4 rings (SSSR count). The molecule has 6 nitrogen and oxygen atoms in total. The predicted octanol–water partition coefficient (Wildman–Crippen LogP) is 3.96. The van der Waals surface area contributed by atoms with E-state index in [1.165, 1.54) is 5.56 Å². The molecule has 0 aliphatic carbocycles. The summed E-state index contributed by atoms with van der Waals surface area (Å²) in [5, 5.41) is 15.8. The monoisotopic (exact) mass is 328 g/mol. The second-order valence-electron chi connectivity index (χ2n) is 5.93. The Balaban J connectivity index is 1.91. The van der Waals surface area contributed by atoms with Gasteiger partial charge in [-0.15, -0.1) is 0 Å². The van der Waals surface area contributed by atoms with Crippen molar-refractivity contribution in [2.75, 3.05) is 5.32 Å². The second-order valence-corrected chi connectivity index (χ2v) is 5.93. The van der Waals surface area contributed by atoms with Gasteiger partial charge in [0.25, 0.3) is 0 Å². The lowest BCUT2D eigenvalue weighted by Gasteiger charge is -2.11. The largest absolute Gasteiger partial charge is 0.338 e. The summed E-state index contributed by atoms with van der Waals surface area (Å²) in [4.78, 5) is 9.05. The Bertz CT molecular complexity index is 1100. The van der Waals surface area contributed by atoms with E-state index < -0.39 is 0 Å². The summed E-state index contributed by atoms with van der Waals surface area (Å²) < 4.78 is 1.78. The normalized spacial score (nSPS) is 10.8. The first-order valence-corrected chi connectivity index (χ1v) is 7.93. The molecule has 3 aromatic heterocycles. The minimum absolute atomic E-state index is 0.492. The number of hydrogen-bond donors (Lipinski definition) is 2. The minimum atomic E-state index is 0.492. The lowest BCUT2D eigenvalue weighted by Crippen LogP contribution is -2.00. The van der Waals surface area contributed by atoms with E-state index >= 15 is 0 Å². The van der Waals surface area contributed by atoms with Crippen molar-refractivity contribution in [3.8, 4) is 17.5 Å².